The van der Waals surface area contributed by atoms with Crippen LogP contribution < -0.4 is 0 Å². The summed E-state index contributed by atoms with van der Waals surface area (Å²) in [4.78, 5) is 11.2. The van der Waals surface area contributed by atoms with Gasteiger partial charge >= 0.3 is 5.97 Å². The Morgan fingerprint density at radius 1 is 1.38 bits per heavy atom. The molecule has 0 saturated carbocycles. The summed E-state index contributed by atoms with van der Waals surface area (Å²) in [6.07, 6.45) is 2.54. The van der Waals surface area contributed by atoms with Crippen LogP contribution in [0.4, 0.5) is 0 Å². The lowest BCUT2D eigenvalue weighted by Crippen LogP contribution is -2.03. The standard InChI is InChI=1S/C13H16O3/c1-4-5-12(15-2)10-6-8-11(9-7-10)13(14)16-3/h4,6-9,12H,1,5H2,2-3H3/t12-/m0/s1. The zero-order chi connectivity index (χ0) is 12.0. The average Bonchev–Trinajstić information content (AvgIpc) is 2.35. The molecule has 3 nitrogen and oxygen atoms in total. The molecule has 0 radical (unpaired) electrons. The Balaban J connectivity index is 2.84. The molecule has 3 heteroatoms. The van der Waals surface area contributed by atoms with Crippen molar-refractivity contribution in [2.75, 3.05) is 14.2 Å². The molecule has 0 aliphatic rings. The second-order valence-corrected chi connectivity index (χ2v) is 3.36. The Bertz CT molecular complexity index is 354. The molecule has 0 N–H and O–H groups in total. The van der Waals surface area contributed by atoms with Gasteiger partial charge in [0, 0.05) is 7.11 Å². The van der Waals surface area contributed by atoms with E-state index >= 15 is 0 Å². The number of benzene rings is 1. The summed E-state index contributed by atoms with van der Waals surface area (Å²) in [7, 11) is 3.02. The fraction of sp³-hybridized carbons (Fsp3) is 0.308. The summed E-state index contributed by atoms with van der Waals surface area (Å²) in [6.45, 7) is 3.68. The van der Waals surface area contributed by atoms with Gasteiger partial charge < -0.3 is 9.47 Å². The second kappa shape index (κ2) is 6.08. The summed E-state index contributed by atoms with van der Waals surface area (Å²) >= 11 is 0. The van der Waals surface area contributed by atoms with Gasteiger partial charge in [0.05, 0.1) is 18.8 Å². The van der Waals surface area contributed by atoms with E-state index in [2.05, 4.69) is 11.3 Å². The molecule has 86 valence electrons. The molecule has 0 aromatic heterocycles. The maximum atomic E-state index is 11.2. The monoisotopic (exact) mass is 220 g/mol. The summed E-state index contributed by atoms with van der Waals surface area (Å²) in [5, 5.41) is 0. The van der Waals surface area contributed by atoms with Gasteiger partial charge in [0.15, 0.2) is 0 Å². The molecule has 1 atom stereocenters. The Morgan fingerprint density at radius 3 is 2.44 bits per heavy atom. The summed E-state index contributed by atoms with van der Waals surface area (Å²) in [5.41, 5.74) is 1.56. The minimum atomic E-state index is -0.329. The first-order valence-corrected chi connectivity index (χ1v) is 5.05. The molecule has 0 aliphatic heterocycles. The van der Waals surface area contributed by atoms with Gasteiger partial charge in [-0.2, -0.15) is 0 Å². The van der Waals surface area contributed by atoms with Crippen molar-refractivity contribution in [3.63, 3.8) is 0 Å². The van der Waals surface area contributed by atoms with Crippen molar-refractivity contribution < 1.29 is 14.3 Å². The third kappa shape index (κ3) is 2.94. The topological polar surface area (TPSA) is 35.5 Å². The minimum Gasteiger partial charge on any atom is -0.465 e. The van der Waals surface area contributed by atoms with E-state index in [-0.39, 0.29) is 12.1 Å². The van der Waals surface area contributed by atoms with Crippen LogP contribution in [0.1, 0.15) is 28.4 Å². The van der Waals surface area contributed by atoms with Gasteiger partial charge in [-0.05, 0) is 24.1 Å². The van der Waals surface area contributed by atoms with Crippen molar-refractivity contribution in [1.29, 1.82) is 0 Å². The zero-order valence-corrected chi connectivity index (χ0v) is 9.60. The van der Waals surface area contributed by atoms with Gasteiger partial charge in [-0.25, -0.2) is 4.79 Å². The third-order valence-corrected chi connectivity index (χ3v) is 2.37. The van der Waals surface area contributed by atoms with Crippen molar-refractivity contribution >= 4 is 5.97 Å². The molecule has 0 amide bonds. The first-order chi connectivity index (χ1) is 7.72. The Hall–Kier alpha value is -1.61. The van der Waals surface area contributed by atoms with Gasteiger partial charge in [0.2, 0.25) is 0 Å². The van der Waals surface area contributed by atoms with E-state index < -0.39 is 0 Å². The van der Waals surface area contributed by atoms with Crippen LogP contribution in [-0.4, -0.2) is 20.2 Å². The highest BCUT2D eigenvalue weighted by atomic mass is 16.5. The van der Waals surface area contributed by atoms with E-state index in [1.807, 2.05) is 18.2 Å². The molecule has 1 rings (SSSR count). The molecule has 0 spiro atoms. The van der Waals surface area contributed by atoms with Gasteiger partial charge in [-0.1, -0.05) is 18.2 Å². The first-order valence-electron chi connectivity index (χ1n) is 5.05. The molecular weight excluding hydrogens is 204 g/mol. The molecular formula is C13H16O3. The van der Waals surface area contributed by atoms with Gasteiger partial charge in [-0.15, -0.1) is 6.58 Å². The van der Waals surface area contributed by atoms with Crippen LogP contribution in [0.15, 0.2) is 36.9 Å². The number of carbonyl (C=O) groups excluding carboxylic acids is 1. The highest BCUT2D eigenvalue weighted by Gasteiger charge is 2.10. The van der Waals surface area contributed by atoms with Crippen LogP contribution in [0.3, 0.4) is 0 Å². The smallest absolute Gasteiger partial charge is 0.337 e. The Kier molecular flexibility index (Phi) is 4.73. The fourth-order valence-corrected chi connectivity index (χ4v) is 1.47. The summed E-state index contributed by atoms with van der Waals surface area (Å²) in [5.74, 6) is -0.329. The lowest BCUT2D eigenvalue weighted by Gasteiger charge is -2.13. The minimum absolute atomic E-state index is 0.0100. The molecule has 0 heterocycles. The highest BCUT2D eigenvalue weighted by Crippen LogP contribution is 2.21. The SMILES string of the molecule is C=CC[C@H](OC)c1ccc(C(=O)OC)cc1. The lowest BCUT2D eigenvalue weighted by molar-refractivity contribution is 0.0600. The molecule has 0 saturated heterocycles. The van der Waals surface area contributed by atoms with Crippen LogP contribution in [-0.2, 0) is 9.47 Å². The largest absolute Gasteiger partial charge is 0.465 e. The zero-order valence-electron chi connectivity index (χ0n) is 9.60. The molecule has 0 bridgehead atoms. The van der Waals surface area contributed by atoms with Gasteiger partial charge in [0.25, 0.3) is 0 Å². The number of hydrogen-bond donors (Lipinski definition) is 0. The Labute approximate surface area is 95.7 Å². The van der Waals surface area contributed by atoms with E-state index in [0.717, 1.165) is 12.0 Å². The number of methoxy groups -OCH3 is 2. The lowest BCUT2D eigenvalue weighted by atomic mass is 10.0. The maximum Gasteiger partial charge on any atom is 0.337 e. The highest BCUT2D eigenvalue weighted by molar-refractivity contribution is 5.89. The Morgan fingerprint density at radius 2 is 2.00 bits per heavy atom. The van der Waals surface area contributed by atoms with Crippen molar-refractivity contribution in [3.05, 3.63) is 48.0 Å². The van der Waals surface area contributed by atoms with Crippen LogP contribution in [0, 0.1) is 0 Å². The predicted molar refractivity (Wildman–Crippen MR) is 62.3 cm³/mol. The summed E-state index contributed by atoms with van der Waals surface area (Å²) < 4.78 is 9.94. The van der Waals surface area contributed by atoms with Crippen LogP contribution in [0.25, 0.3) is 0 Å². The van der Waals surface area contributed by atoms with Crippen LogP contribution in [0.5, 0.6) is 0 Å². The van der Waals surface area contributed by atoms with E-state index in [4.69, 9.17) is 4.74 Å². The van der Waals surface area contributed by atoms with Crippen molar-refractivity contribution in [2.24, 2.45) is 0 Å². The molecule has 1 aromatic rings. The number of esters is 1. The number of hydrogen-bond acceptors (Lipinski definition) is 3. The van der Waals surface area contributed by atoms with Crippen molar-refractivity contribution in [1.82, 2.24) is 0 Å². The molecule has 0 unspecified atom stereocenters. The fourth-order valence-electron chi connectivity index (χ4n) is 1.47. The van der Waals surface area contributed by atoms with E-state index in [1.54, 1.807) is 19.2 Å². The third-order valence-electron chi connectivity index (χ3n) is 2.37. The molecule has 16 heavy (non-hydrogen) atoms. The van der Waals surface area contributed by atoms with Crippen molar-refractivity contribution in [3.8, 4) is 0 Å². The molecule has 1 aromatic carbocycles. The predicted octanol–water partition coefficient (Wildman–Crippen LogP) is 2.74. The molecule has 0 aliphatic carbocycles. The summed E-state index contributed by atoms with van der Waals surface area (Å²) in [6, 6.07) is 7.19. The van der Waals surface area contributed by atoms with Gasteiger partial charge in [-0.3, -0.25) is 0 Å². The van der Waals surface area contributed by atoms with Crippen molar-refractivity contribution in [2.45, 2.75) is 12.5 Å². The first kappa shape index (κ1) is 12.5. The van der Waals surface area contributed by atoms with Crippen LogP contribution >= 0.6 is 0 Å². The maximum absolute atomic E-state index is 11.2. The normalized spacial score (nSPS) is 11.9. The van der Waals surface area contributed by atoms with Gasteiger partial charge in [0.1, 0.15) is 0 Å². The van der Waals surface area contributed by atoms with E-state index in [1.165, 1.54) is 7.11 Å². The number of carbonyl (C=O) groups is 1. The number of rotatable bonds is 5. The second-order valence-electron chi connectivity index (χ2n) is 3.36. The average molecular weight is 220 g/mol. The molecule has 0 fully saturated rings. The van der Waals surface area contributed by atoms with E-state index in [0.29, 0.717) is 5.56 Å². The number of ether oxygens (including phenoxy) is 2. The van der Waals surface area contributed by atoms with E-state index in [9.17, 15) is 4.79 Å². The quantitative estimate of drug-likeness (QED) is 0.565. The van der Waals surface area contributed by atoms with Crippen LogP contribution in [0.2, 0.25) is 0 Å².